The van der Waals surface area contributed by atoms with Gasteiger partial charge in [-0.3, -0.25) is 9.69 Å². The Hall–Kier alpha value is -0.610. The summed E-state index contributed by atoms with van der Waals surface area (Å²) in [5.41, 5.74) is -0.456. The van der Waals surface area contributed by atoms with E-state index in [9.17, 15) is 9.90 Å². The van der Waals surface area contributed by atoms with Crippen LogP contribution in [0.4, 0.5) is 0 Å². The van der Waals surface area contributed by atoms with Crippen molar-refractivity contribution in [2.45, 2.75) is 32.2 Å². The Morgan fingerprint density at radius 1 is 1.69 bits per heavy atom. The summed E-state index contributed by atoms with van der Waals surface area (Å²) in [7, 11) is 1.69. The van der Waals surface area contributed by atoms with E-state index in [1.165, 1.54) is 0 Å². The second-order valence-corrected chi connectivity index (χ2v) is 5.28. The lowest BCUT2D eigenvalue weighted by Crippen LogP contribution is -2.39. The minimum absolute atomic E-state index is 0.326. The molecule has 1 aliphatic carbocycles. The molecule has 0 bridgehead atoms. The van der Waals surface area contributed by atoms with Crippen molar-refractivity contribution in [1.29, 1.82) is 0 Å². The first-order valence-corrected chi connectivity index (χ1v) is 6.06. The van der Waals surface area contributed by atoms with Gasteiger partial charge in [-0.2, -0.15) is 0 Å². The van der Waals surface area contributed by atoms with Crippen LogP contribution in [0, 0.1) is 11.3 Å². The molecule has 0 amide bonds. The van der Waals surface area contributed by atoms with Gasteiger partial charge in [0.15, 0.2) is 0 Å². The number of carboxylic acid groups (broad SMARTS) is 1. The largest absolute Gasteiger partial charge is 0.481 e. The number of rotatable bonds is 4. The molecule has 0 radical (unpaired) electrons. The second kappa shape index (κ2) is 4.34. The van der Waals surface area contributed by atoms with Crippen LogP contribution < -0.4 is 0 Å². The topological polar surface area (TPSA) is 49.8 Å². The number of ether oxygens (including phenoxy) is 1. The summed E-state index contributed by atoms with van der Waals surface area (Å²) < 4.78 is 5.14. The maximum atomic E-state index is 11.5. The number of likely N-dealkylation sites (tertiary alicyclic amines) is 1. The molecule has 1 aliphatic heterocycles. The fourth-order valence-corrected chi connectivity index (χ4v) is 3.36. The van der Waals surface area contributed by atoms with E-state index in [-0.39, 0.29) is 0 Å². The van der Waals surface area contributed by atoms with Crippen molar-refractivity contribution in [2.75, 3.05) is 26.8 Å². The number of nitrogens with zero attached hydrogens (tertiary/aromatic N) is 1. The molecule has 16 heavy (non-hydrogen) atoms. The summed E-state index contributed by atoms with van der Waals surface area (Å²) in [6.45, 7) is 4.43. The van der Waals surface area contributed by atoms with Gasteiger partial charge in [-0.1, -0.05) is 6.42 Å². The van der Waals surface area contributed by atoms with Crippen molar-refractivity contribution in [1.82, 2.24) is 4.90 Å². The number of methoxy groups -OCH3 is 1. The van der Waals surface area contributed by atoms with Crippen LogP contribution in [0.5, 0.6) is 0 Å². The minimum atomic E-state index is -0.595. The van der Waals surface area contributed by atoms with E-state index >= 15 is 0 Å². The van der Waals surface area contributed by atoms with E-state index in [1.807, 2.05) is 0 Å². The average molecular weight is 227 g/mol. The van der Waals surface area contributed by atoms with Gasteiger partial charge in [0.2, 0.25) is 0 Å². The van der Waals surface area contributed by atoms with Gasteiger partial charge in [0.1, 0.15) is 0 Å². The summed E-state index contributed by atoms with van der Waals surface area (Å²) in [6.07, 6.45) is 3.00. The fourth-order valence-electron chi connectivity index (χ4n) is 3.36. The standard InChI is InChI=1S/C12H21NO3/c1-9(7-16-2)13-6-10-4-3-5-12(10,8-13)11(14)15/h9-10H,3-8H2,1-2H3,(H,14,15)/t9?,10-,12+/m0/s1. The van der Waals surface area contributed by atoms with Gasteiger partial charge < -0.3 is 9.84 Å². The molecule has 1 unspecified atom stereocenters. The third-order valence-corrected chi connectivity index (χ3v) is 4.35. The third-order valence-electron chi connectivity index (χ3n) is 4.35. The van der Waals surface area contributed by atoms with Crippen molar-refractivity contribution >= 4 is 5.97 Å². The molecule has 2 fully saturated rings. The van der Waals surface area contributed by atoms with Gasteiger partial charge in [0.05, 0.1) is 12.0 Å². The van der Waals surface area contributed by atoms with Crippen molar-refractivity contribution in [2.24, 2.45) is 11.3 Å². The van der Waals surface area contributed by atoms with Crippen LogP contribution in [0.1, 0.15) is 26.2 Å². The summed E-state index contributed by atoms with van der Waals surface area (Å²) >= 11 is 0. The van der Waals surface area contributed by atoms with Crippen molar-refractivity contribution in [3.8, 4) is 0 Å². The average Bonchev–Trinajstić information content (AvgIpc) is 2.73. The van der Waals surface area contributed by atoms with Crippen molar-refractivity contribution in [3.63, 3.8) is 0 Å². The lowest BCUT2D eigenvalue weighted by molar-refractivity contribution is -0.149. The highest BCUT2D eigenvalue weighted by molar-refractivity contribution is 5.76. The smallest absolute Gasteiger partial charge is 0.311 e. The molecular weight excluding hydrogens is 206 g/mol. The zero-order chi connectivity index (χ0) is 11.8. The minimum Gasteiger partial charge on any atom is -0.481 e. The third kappa shape index (κ3) is 1.74. The number of carboxylic acids is 1. The van der Waals surface area contributed by atoms with E-state index in [2.05, 4.69) is 11.8 Å². The Morgan fingerprint density at radius 2 is 2.44 bits per heavy atom. The number of fused-ring (bicyclic) bond motifs is 1. The van der Waals surface area contributed by atoms with Crippen LogP contribution >= 0.6 is 0 Å². The molecule has 0 aromatic carbocycles. The molecule has 1 saturated carbocycles. The van der Waals surface area contributed by atoms with Crippen LogP contribution in [0.15, 0.2) is 0 Å². The Morgan fingerprint density at radius 3 is 3.00 bits per heavy atom. The van der Waals surface area contributed by atoms with Gasteiger partial charge in [0, 0.05) is 26.2 Å². The molecule has 0 aromatic heterocycles. The van der Waals surface area contributed by atoms with Crippen LogP contribution in [0.2, 0.25) is 0 Å². The summed E-state index contributed by atoms with van der Waals surface area (Å²) in [5.74, 6) is -0.244. The van der Waals surface area contributed by atoms with Crippen LogP contribution in [-0.4, -0.2) is 48.8 Å². The lowest BCUT2D eigenvalue weighted by Gasteiger charge is -2.26. The zero-order valence-electron chi connectivity index (χ0n) is 10.1. The van der Waals surface area contributed by atoms with E-state index in [4.69, 9.17) is 4.74 Å². The molecule has 1 N–H and O–H groups in total. The highest BCUT2D eigenvalue weighted by Gasteiger charge is 2.55. The normalized spacial score (nSPS) is 36.2. The van der Waals surface area contributed by atoms with Gasteiger partial charge in [-0.15, -0.1) is 0 Å². The maximum Gasteiger partial charge on any atom is 0.311 e. The molecule has 4 nitrogen and oxygen atoms in total. The monoisotopic (exact) mass is 227 g/mol. The van der Waals surface area contributed by atoms with Gasteiger partial charge >= 0.3 is 5.97 Å². The SMILES string of the molecule is COCC(C)N1C[C@@H]2CCC[C@@]2(C(=O)O)C1. The van der Waals surface area contributed by atoms with Crippen LogP contribution in [0.25, 0.3) is 0 Å². The second-order valence-electron chi connectivity index (χ2n) is 5.28. The summed E-state index contributed by atoms with van der Waals surface area (Å²) in [4.78, 5) is 13.8. The molecule has 4 heteroatoms. The van der Waals surface area contributed by atoms with Crippen molar-refractivity contribution in [3.05, 3.63) is 0 Å². The summed E-state index contributed by atoms with van der Waals surface area (Å²) in [5, 5.41) is 9.45. The molecule has 1 heterocycles. The summed E-state index contributed by atoms with van der Waals surface area (Å²) in [6, 6.07) is 0.326. The van der Waals surface area contributed by atoms with Crippen molar-refractivity contribution < 1.29 is 14.6 Å². The highest BCUT2D eigenvalue weighted by atomic mass is 16.5. The number of hydrogen-bond acceptors (Lipinski definition) is 3. The Balaban J connectivity index is 2.07. The zero-order valence-corrected chi connectivity index (χ0v) is 10.1. The van der Waals surface area contributed by atoms with E-state index < -0.39 is 11.4 Å². The molecule has 0 spiro atoms. The van der Waals surface area contributed by atoms with E-state index in [0.717, 1.165) is 25.8 Å². The van der Waals surface area contributed by atoms with E-state index in [1.54, 1.807) is 7.11 Å². The van der Waals surface area contributed by atoms with E-state index in [0.29, 0.717) is 25.1 Å². The van der Waals surface area contributed by atoms with Gasteiger partial charge in [0.25, 0.3) is 0 Å². The Labute approximate surface area is 96.6 Å². The quantitative estimate of drug-likeness (QED) is 0.784. The van der Waals surface area contributed by atoms with Gasteiger partial charge in [-0.25, -0.2) is 0 Å². The number of aliphatic carboxylic acids is 1. The lowest BCUT2D eigenvalue weighted by atomic mass is 9.81. The highest BCUT2D eigenvalue weighted by Crippen LogP contribution is 2.49. The predicted molar refractivity (Wildman–Crippen MR) is 60.3 cm³/mol. The molecule has 92 valence electrons. The molecule has 2 rings (SSSR count). The number of carbonyl (C=O) groups is 1. The molecule has 0 aromatic rings. The molecule has 3 atom stereocenters. The Bertz CT molecular complexity index is 281. The van der Waals surface area contributed by atoms with Crippen LogP contribution in [0.3, 0.4) is 0 Å². The molecular formula is C12H21NO3. The first-order chi connectivity index (χ1) is 7.60. The first kappa shape index (κ1) is 11.9. The van der Waals surface area contributed by atoms with Gasteiger partial charge in [-0.05, 0) is 25.7 Å². The maximum absolute atomic E-state index is 11.5. The number of hydrogen-bond donors (Lipinski definition) is 1. The van der Waals surface area contributed by atoms with Crippen LogP contribution in [-0.2, 0) is 9.53 Å². The predicted octanol–water partition coefficient (Wildman–Crippen LogP) is 1.21. The molecule has 1 saturated heterocycles. The molecule has 2 aliphatic rings. The first-order valence-electron chi connectivity index (χ1n) is 6.06. The Kier molecular flexibility index (Phi) is 3.22. The fraction of sp³-hybridized carbons (Fsp3) is 0.917.